The maximum atomic E-state index is 5.88. The van der Waals surface area contributed by atoms with Crippen molar-refractivity contribution in [1.82, 2.24) is 10.2 Å². The van der Waals surface area contributed by atoms with Crippen LogP contribution in [-0.4, -0.2) is 49.3 Å². The molecule has 21 heavy (non-hydrogen) atoms. The van der Waals surface area contributed by atoms with E-state index in [1.54, 1.807) is 0 Å². The van der Waals surface area contributed by atoms with E-state index < -0.39 is 0 Å². The highest BCUT2D eigenvalue weighted by molar-refractivity contribution is 4.90. The maximum absolute atomic E-state index is 5.88. The molecule has 0 amide bonds. The van der Waals surface area contributed by atoms with Crippen molar-refractivity contribution in [3.63, 3.8) is 0 Å². The minimum Gasteiger partial charge on any atom is -0.373 e. The fourth-order valence-electron chi connectivity index (χ4n) is 4.01. The van der Waals surface area contributed by atoms with Crippen LogP contribution in [0.1, 0.15) is 66.2 Å². The van der Waals surface area contributed by atoms with Crippen molar-refractivity contribution < 1.29 is 4.74 Å². The first-order valence-electron chi connectivity index (χ1n) is 9.01. The first kappa shape index (κ1) is 17.2. The van der Waals surface area contributed by atoms with Gasteiger partial charge in [0.25, 0.3) is 0 Å². The summed E-state index contributed by atoms with van der Waals surface area (Å²) in [5, 5.41) is 3.74. The van der Waals surface area contributed by atoms with E-state index >= 15 is 0 Å². The van der Waals surface area contributed by atoms with E-state index in [1.165, 1.54) is 51.6 Å². The fraction of sp³-hybridized carbons (Fsp3) is 1.00. The van der Waals surface area contributed by atoms with Gasteiger partial charge in [-0.25, -0.2) is 0 Å². The highest BCUT2D eigenvalue weighted by Crippen LogP contribution is 2.36. The SMILES string of the molecule is CC(C)NCC1(CN2CCOC(C)(C)C2)CCCCCC1. The van der Waals surface area contributed by atoms with Crippen molar-refractivity contribution in [3.05, 3.63) is 0 Å². The first-order valence-corrected chi connectivity index (χ1v) is 9.01. The molecule has 2 rings (SSSR count). The molecule has 1 heterocycles. The van der Waals surface area contributed by atoms with Crippen LogP contribution < -0.4 is 5.32 Å². The Morgan fingerprint density at radius 3 is 2.33 bits per heavy atom. The van der Waals surface area contributed by atoms with Gasteiger partial charge in [0.05, 0.1) is 12.2 Å². The van der Waals surface area contributed by atoms with Crippen LogP contribution in [0.15, 0.2) is 0 Å². The molecule has 1 saturated heterocycles. The Balaban J connectivity index is 2.00. The van der Waals surface area contributed by atoms with Gasteiger partial charge in [-0.2, -0.15) is 0 Å². The predicted molar refractivity (Wildman–Crippen MR) is 89.7 cm³/mol. The molecule has 1 aliphatic carbocycles. The van der Waals surface area contributed by atoms with Gasteiger partial charge >= 0.3 is 0 Å². The number of rotatable bonds is 5. The molecule has 1 saturated carbocycles. The second kappa shape index (κ2) is 7.43. The molecule has 3 nitrogen and oxygen atoms in total. The minimum atomic E-state index is 0.0235. The number of hydrogen-bond donors (Lipinski definition) is 1. The van der Waals surface area contributed by atoms with Gasteiger partial charge in [-0.1, -0.05) is 39.5 Å². The van der Waals surface area contributed by atoms with Crippen LogP contribution in [0, 0.1) is 5.41 Å². The van der Waals surface area contributed by atoms with E-state index in [2.05, 4.69) is 37.9 Å². The van der Waals surface area contributed by atoms with Gasteiger partial charge in [0.15, 0.2) is 0 Å². The fourth-order valence-corrected chi connectivity index (χ4v) is 4.01. The summed E-state index contributed by atoms with van der Waals surface area (Å²) >= 11 is 0. The Morgan fingerprint density at radius 1 is 1.10 bits per heavy atom. The van der Waals surface area contributed by atoms with Crippen molar-refractivity contribution in [2.24, 2.45) is 5.41 Å². The van der Waals surface area contributed by atoms with Crippen LogP contribution in [0.5, 0.6) is 0 Å². The third-order valence-corrected chi connectivity index (χ3v) is 5.11. The molecule has 1 aliphatic heterocycles. The smallest absolute Gasteiger partial charge is 0.0753 e. The molecule has 0 spiro atoms. The summed E-state index contributed by atoms with van der Waals surface area (Å²) in [6.07, 6.45) is 8.46. The van der Waals surface area contributed by atoms with Crippen LogP contribution >= 0.6 is 0 Å². The van der Waals surface area contributed by atoms with Gasteiger partial charge in [0.1, 0.15) is 0 Å². The molecular formula is C18H36N2O. The molecule has 0 radical (unpaired) electrons. The summed E-state index contributed by atoms with van der Waals surface area (Å²) in [6.45, 7) is 14.5. The summed E-state index contributed by atoms with van der Waals surface area (Å²) in [6, 6.07) is 0.589. The molecule has 0 aromatic carbocycles. The zero-order chi connectivity index (χ0) is 15.3. The van der Waals surface area contributed by atoms with Gasteiger partial charge in [0.2, 0.25) is 0 Å². The standard InChI is InChI=1S/C18H36N2O/c1-16(2)19-13-18(9-7-5-6-8-10-18)15-20-11-12-21-17(3,4)14-20/h16,19H,5-15H2,1-4H3. The predicted octanol–water partition coefficient (Wildman–Crippen LogP) is 3.44. The molecule has 124 valence electrons. The summed E-state index contributed by atoms with van der Waals surface area (Å²) < 4.78 is 5.88. The van der Waals surface area contributed by atoms with Crippen molar-refractivity contribution >= 4 is 0 Å². The quantitative estimate of drug-likeness (QED) is 0.787. The Morgan fingerprint density at radius 2 is 1.76 bits per heavy atom. The topological polar surface area (TPSA) is 24.5 Å². The lowest BCUT2D eigenvalue weighted by atomic mass is 9.79. The van der Waals surface area contributed by atoms with Gasteiger partial charge in [-0.3, -0.25) is 4.90 Å². The monoisotopic (exact) mass is 296 g/mol. The molecule has 0 bridgehead atoms. The Bertz CT molecular complexity index is 306. The van der Waals surface area contributed by atoms with Crippen molar-refractivity contribution in [2.75, 3.05) is 32.8 Å². The highest BCUT2D eigenvalue weighted by Gasteiger charge is 2.36. The van der Waals surface area contributed by atoms with Crippen molar-refractivity contribution in [2.45, 2.75) is 77.9 Å². The Labute approximate surface area is 131 Å². The van der Waals surface area contributed by atoms with Crippen molar-refractivity contribution in [1.29, 1.82) is 0 Å². The molecule has 2 fully saturated rings. The van der Waals surface area contributed by atoms with Crippen molar-refractivity contribution in [3.8, 4) is 0 Å². The second-order valence-corrected chi connectivity index (χ2v) is 8.27. The van der Waals surface area contributed by atoms with Gasteiger partial charge < -0.3 is 10.1 Å². The number of nitrogens with one attached hydrogen (secondary N) is 1. The van der Waals surface area contributed by atoms with Crippen LogP contribution in [-0.2, 0) is 4.74 Å². The normalized spacial score (nSPS) is 26.7. The first-order chi connectivity index (χ1) is 9.91. The molecule has 0 aromatic rings. The van der Waals surface area contributed by atoms with Crippen LogP contribution in [0.2, 0.25) is 0 Å². The minimum absolute atomic E-state index is 0.0235. The van der Waals surface area contributed by atoms with Crippen LogP contribution in [0.25, 0.3) is 0 Å². The van der Waals surface area contributed by atoms with E-state index in [9.17, 15) is 0 Å². The maximum Gasteiger partial charge on any atom is 0.0753 e. The molecule has 0 aromatic heterocycles. The summed E-state index contributed by atoms with van der Waals surface area (Å²) in [7, 11) is 0. The largest absolute Gasteiger partial charge is 0.373 e. The molecule has 1 N–H and O–H groups in total. The Kier molecular flexibility index (Phi) is 6.10. The average molecular weight is 296 g/mol. The van der Waals surface area contributed by atoms with E-state index in [-0.39, 0.29) is 5.60 Å². The average Bonchev–Trinajstić information content (AvgIpc) is 2.61. The number of nitrogens with zero attached hydrogens (tertiary/aromatic N) is 1. The lowest BCUT2D eigenvalue weighted by molar-refractivity contribution is -0.0953. The summed E-state index contributed by atoms with van der Waals surface area (Å²) in [4.78, 5) is 2.66. The number of morpholine rings is 1. The van der Waals surface area contributed by atoms with Crippen LogP contribution in [0.3, 0.4) is 0 Å². The lowest BCUT2D eigenvalue weighted by Crippen LogP contribution is -2.53. The van der Waals surface area contributed by atoms with Gasteiger partial charge in [-0.05, 0) is 32.1 Å². The molecular weight excluding hydrogens is 260 g/mol. The molecule has 2 aliphatic rings. The molecule has 0 atom stereocenters. The highest BCUT2D eigenvalue weighted by atomic mass is 16.5. The van der Waals surface area contributed by atoms with Gasteiger partial charge in [-0.15, -0.1) is 0 Å². The van der Waals surface area contributed by atoms with E-state index in [1.807, 2.05) is 0 Å². The molecule has 0 unspecified atom stereocenters. The van der Waals surface area contributed by atoms with E-state index in [4.69, 9.17) is 4.74 Å². The number of hydrogen-bond acceptors (Lipinski definition) is 3. The lowest BCUT2D eigenvalue weighted by Gasteiger charge is -2.44. The van der Waals surface area contributed by atoms with E-state index in [0.29, 0.717) is 11.5 Å². The summed E-state index contributed by atoms with van der Waals surface area (Å²) in [5.74, 6) is 0. The van der Waals surface area contributed by atoms with Gasteiger partial charge in [0, 0.05) is 32.2 Å². The van der Waals surface area contributed by atoms with E-state index in [0.717, 1.165) is 19.7 Å². The summed E-state index contributed by atoms with van der Waals surface area (Å²) in [5.41, 5.74) is 0.504. The van der Waals surface area contributed by atoms with Crippen LogP contribution in [0.4, 0.5) is 0 Å². The Hall–Kier alpha value is -0.120. The third kappa shape index (κ3) is 5.54. The zero-order valence-electron chi connectivity index (χ0n) is 14.7. The zero-order valence-corrected chi connectivity index (χ0v) is 14.7. The third-order valence-electron chi connectivity index (χ3n) is 5.11. The molecule has 3 heteroatoms. The second-order valence-electron chi connectivity index (χ2n) is 8.27. The number of ether oxygens (including phenoxy) is 1.